The topological polar surface area (TPSA) is 47.6 Å². The van der Waals surface area contributed by atoms with Gasteiger partial charge in [-0.2, -0.15) is 0 Å². The lowest BCUT2D eigenvalue weighted by Gasteiger charge is -2.36. The molecule has 31 heavy (non-hydrogen) atoms. The molecule has 4 heteroatoms. The van der Waals surface area contributed by atoms with E-state index in [0.29, 0.717) is 42.2 Å². The zero-order valence-corrected chi connectivity index (χ0v) is 18.8. The standard InChI is InChI=1S/C27H35NO3/c1-3-30-27(29)18-31-24-15-12-20(13-16-24)22-11-14-23(17-22)28-19(2)25-10-6-8-21-7-4-5-9-26(21)25/h4-5,7-9,12-13,15-16,19,22-23,25-26,28H,3,6,10-11,14,17-18H2,1-2H3/t19?,22?,23-,25?,26?/m0/s1. The Hall–Kier alpha value is -2.33. The first-order valence-corrected chi connectivity index (χ1v) is 11.8. The summed E-state index contributed by atoms with van der Waals surface area (Å²) in [4.78, 5) is 11.4. The first-order chi connectivity index (χ1) is 15.1. The van der Waals surface area contributed by atoms with Crippen LogP contribution < -0.4 is 10.1 Å². The Morgan fingerprint density at radius 2 is 2.00 bits per heavy atom. The summed E-state index contributed by atoms with van der Waals surface area (Å²) in [6.07, 6.45) is 17.6. The maximum atomic E-state index is 11.4. The van der Waals surface area contributed by atoms with Crippen LogP contribution in [-0.4, -0.2) is 31.3 Å². The van der Waals surface area contributed by atoms with Crippen molar-refractivity contribution in [3.8, 4) is 5.75 Å². The molecule has 0 aromatic heterocycles. The molecule has 166 valence electrons. The smallest absolute Gasteiger partial charge is 0.344 e. The van der Waals surface area contributed by atoms with Gasteiger partial charge in [0, 0.05) is 18.0 Å². The van der Waals surface area contributed by atoms with Gasteiger partial charge in [0.05, 0.1) is 6.61 Å². The molecule has 1 fully saturated rings. The minimum Gasteiger partial charge on any atom is -0.482 e. The summed E-state index contributed by atoms with van der Waals surface area (Å²) in [6.45, 7) is 4.52. The van der Waals surface area contributed by atoms with Gasteiger partial charge < -0.3 is 14.8 Å². The second kappa shape index (κ2) is 10.3. The fourth-order valence-electron chi connectivity index (χ4n) is 5.46. The SMILES string of the molecule is CCOC(=O)COc1ccc(C2CC[C@H](NC(C)C3CCC=C4C=CC=CC43)C2)cc1. The fourth-order valence-corrected chi connectivity index (χ4v) is 5.46. The number of esters is 1. The fraction of sp³-hybridized carbons (Fsp3) is 0.519. The van der Waals surface area contributed by atoms with Crippen molar-refractivity contribution in [2.75, 3.05) is 13.2 Å². The molecule has 4 unspecified atom stereocenters. The number of hydrogen-bond acceptors (Lipinski definition) is 4. The van der Waals surface area contributed by atoms with Gasteiger partial charge in [0.2, 0.25) is 0 Å². The van der Waals surface area contributed by atoms with Gasteiger partial charge in [0.15, 0.2) is 6.61 Å². The highest BCUT2D eigenvalue weighted by Crippen LogP contribution is 2.39. The molecule has 3 aliphatic carbocycles. The van der Waals surface area contributed by atoms with E-state index in [1.807, 2.05) is 12.1 Å². The third-order valence-corrected chi connectivity index (χ3v) is 7.03. The number of benzene rings is 1. The van der Waals surface area contributed by atoms with E-state index in [1.54, 1.807) is 6.92 Å². The van der Waals surface area contributed by atoms with E-state index in [-0.39, 0.29) is 12.6 Å². The molecule has 1 aromatic rings. The highest BCUT2D eigenvalue weighted by Gasteiger charge is 2.33. The molecular weight excluding hydrogens is 386 g/mol. The molecule has 0 spiro atoms. The lowest BCUT2D eigenvalue weighted by molar-refractivity contribution is -0.145. The average molecular weight is 422 g/mol. The Kier molecular flexibility index (Phi) is 7.29. The minimum atomic E-state index is -0.328. The Labute approximate surface area is 186 Å². The summed E-state index contributed by atoms with van der Waals surface area (Å²) in [7, 11) is 0. The molecule has 4 nitrogen and oxygen atoms in total. The highest BCUT2D eigenvalue weighted by molar-refractivity contribution is 5.71. The Morgan fingerprint density at radius 1 is 1.16 bits per heavy atom. The lowest BCUT2D eigenvalue weighted by atomic mass is 9.73. The summed E-state index contributed by atoms with van der Waals surface area (Å²) in [5.74, 6) is 2.22. The first kappa shape index (κ1) is 21.9. The van der Waals surface area contributed by atoms with Crippen LogP contribution in [0.5, 0.6) is 5.75 Å². The number of ether oxygens (including phenoxy) is 2. The van der Waals surface area contributed by atoms with Crippen LogP contribution in [0, 0.1) is 11.8 Å². The van der Waals surface area contributed by atoms with Crippen LogP contribution in [0.4, 0.5) is 0 Å². The van der Waals surface area contributed by atoms with Gasteiger partial charge in [-0.25, -0.2) is 4.79 Å². The summed E-state index contributed by atoms with van der Waals surface area (Å²) in [5.41, 5.74) is 2.87. The van der Waals surface area contributed by atoms with Gasteiger partial charge in [0.1, 0.15) is 5.75 Å². The maximum Gasteiger partial charge on any atom is 0.344 e. The van der Waals surface area contributed by atoms with Crippen molar-refractivity contribution in [2.24, 2.45) is 11.8 Å². The molecule has 3 aliphatic rings. The number of carbonyl (C=O) groups excluding carboxylic acids is 1. The largest absolute Gasteiger partial charge is 0.482 e. The zero-order valence-electron chi connectivity index (χ0n) is 18.8. The summed E-state index contributed by atoms with van der Waals surface area (Å²) in [5, 5.41) is 3.98. The third-order valence-electron chi connectivity index (χ3n) is 7.03. The number of allylic oxidation sites excluding steroid dienone is 6. The third kappa shape index (κ3) is 5.48. The molecule has 1 aromatic carbocycles. The molecule has 0 amide bonds. The summed E-state index contributed by atoms with van der Waals surface area (Å²) >= 11 is 0. The average Bonchev–Trinajstić information content (AvgIpc) is 3.26. The molecule has 0 saturated heterocycles. The molecule has 1 N–H and O–H groups in total. The van der Waals surface area contributed by atoms with E-state index in [2.05, 4.69) is 54.8 Å². The van der Waals surface area contributed by atoms with E-state index >= 15 is 0 Å². The van der Waals surface area contributed by atoms with Crippen LogP contribution in [0.2, 0.25) is 0 Å². The number of carbonyl (C=O) groups is 1. The van der Waals surface area contributed by atoms with Crippen molar-refractivity contribution in [3.05, 3.63) is 65.8 Å². The van der Waals surface area contributed by atoms with Crippen LogP contribution in [-0.2, 0) is 9.53 Å². The quantitative estimate of drug-likeness (QED) is 0.577. The molecule has 0 aliphatic heterocycles. The minimum absolute atomic E-state index is 0.0372. The Balaban J connectivity index is 1.27. The van der Waals surface area contributed by atoms with Crippen LogP contribution in [0.3, 0.4) is 0 Å². The normalized spacial score (nSPS) is 28.0. The summed E-state index contributed by atoms with van der Waals surface area (Å²) < 4.78 is 10.4. The second-order valence-corrected chi connectivity index (χ2v) is 9.04. The van der Waals surface area contributed by atoms with Gasteiger partial charge in [-0.15, -0.1) is 0 Å². The van der Waals surface area contributed by atoms with Gasteiger partial charge >= 0.3 is 5.97 Å². The Bertz CT molecular complexity index is 839. The van der Waals surface area contributed by atoms with Crippen molar-refractivity contribution in [1.29, 1.82) is 0 Å². The molecule has 0 bridgehead atoms. The summed E-state index contributed by atoms with van der Waals surface area (Å²) in [6, 6.07) is 9.33. The number of fused-ring (bicyclic) bond motifs is 1. The molecular formula is C27H35NO3. The molecule has 5 atom stereocenters. The van der Waals surface area contributed by atoms with E-state index in [4.69, 9.17) is 9.47 Å². The number of nitrogens with one attached hydrogen (secondary N) is 1. The van der Waals surface area contributed by atoms with Crippen molar-refractivity contribution in [2.45, 2.75) is 64.0 Å². The maximum absolute atomic E-state index is 11.4. The highest BCUT2D eigenvalue weighted by atomic mass is 16.6. The van der Waals surface area contributed by atoms with Crippen LogP contribution in [0.25, 0.3) is 0 Å². The van der Waals surface area contributed by atoms with E-state index in [0.717, 1.165) is 0 Å². The van der Waals surface area contributed by atoms with Crippen molar-refractivity contribution >= 4 is 5.97 Å². The molecule has 0 heterocycles. The molecule has 4 rings (SSSR count). The van der Waals surface area contributed by atoms with Gasteiger partial charge in [-0.3, -0.25) is 0 Å². The zero-order chi connectivity index (χ0) is 21.6. The van der Waals surface area contributed by atoms with Gasteiger partial charge in [-0.1, -0.05) is 42.5 Å². The van der Waals surface area contributed by atoms with E-state index in [9.17, 15) is 4.79 Å². The van der Waals surface area contributed by atoms with Gasteiger partial charge in [0.25, 0.3) is 0 Å². The second-order valence-electron chi connectivity index (χ2n) is 9.04. The van der Waals surface area contributed by atoms with E-state index < -0.39 is 0 Å². The van der Waals surface area contributed by atoms with Crippen molar-refractivity contribution in [1.82, 2.24) is 5.32 Å². The monoisotopic (exact) mass is 421 g/mol. The predicted octanol–water partition coefficient (Wildman–Crippen LogP) is 5.32. The molecule has 0 radical (unpaired) electrons. The van der Waals surface area contributed by atoms with E-state index in [1.165, 1.54) is 43.2 Å². The van der Waals surface area contributed by atoms with Crippen molar-refractivity contribution < 1.29 is 14.3 Å². The van der Waals surface area contributed by atoms with Crippen LogP contribution in [0.15, 0.2) is 60.2 Å². The Morgan fingerprint density at radius 3 is 2.81 bits per heavy atom. The van der Waals surface area contributed by atoms with Crippen LogP contribution in [0.1, 0.15) is 57.4 Å². The molecule has 1 saturated carbocycles. The predicted molar refractivity (Wildman–Crippen MR) is 124 cm³/mol. The first-order valence-electron chi connectivity index (χ1n) is 11.8. The van der Waals surface area contributed by atoms with Gasteiger partial charge in [-0.05, 0) is 81.1 Å². The lowest BCUT2D eigenvalue weighted by Crippen LogP contribution is -2.43. The number of rotatable bonds is 8. The van der Waals surface area contributed by atoms with Crippen molar-refractivity contribution in [3.63, 3.8) is 0 Å². The number of hydrogen-bond donors (Lipinski definition) is 1. The van der Waals surface area contributed by atoms with Crippen LogP contribution >= 0.6 is 0 Å².